The van der Waals surface area contributed by atoms with E-state index in [2.05, 4.69) is 28.9 Å². The second-order valence-electron chi connectivity index (χ2n) is 11.1. The van der Waals surface area contributed by atoms with Crippen molar-refractivity contribution in [2.45, 2.75) is 49.6 Å². The van der Waals surface area contributed by atoms with Crippen molar-refractivity contribution in [3.63, 3.8) is 0 Å². The SMILES string of the molecule is CN(C)[C@]1(c2cccc(F)c2)CC[C@]2(CC1)c1[nH]c3ccc(F)cc3c1CCN2C(=O)Cc1ccccc1. The number of H-pyrrole nitrogens is 1. The van der Waals surface area contributed by atoms with Crippen molar-refractivity contribution in [1.29, 1.82) is 0 Å². The highest BCUT2D eigenvalue weighted by atomic mass is 19.1. The summed E-state index contributed by atoms with van der Waals surface area (Å²) in [6.07, 6.45) is 4.01. The second-order valence-corrected chi connectivity index (χ2v) is 11.1. The summed E-state index contributed by atoms with van der Waals surface area (Å²) in [6.45, 7) is 0.594. The van der Waals surface area contributed by atoms with Crippen molar-refractivity contribution in [2.75, 3.05) is 20.6 Å². The third-order valence-electron chi connectivity index (χ3n) is 9.06. The van der Waals surface area contributed by atoms with Gasteiger partial charge in [-0.3, -0.25) is 9.69 Å². The van der Waals surface area contributed by atoms with Crippen LogP contribution < -0.4 is 0 Å². The Balaban J connectivity index is 1.43. The molecule has 6 heteroatoms. The van der Waals surface area contributed by atoms with E-state index in [1.54, 1.807) is 24.3 Å². The number of aromatic nitrogens is 1. The fourth-order valence-corrected chi connectivity index (χ4v) is 7.05. The molecule has 0 atom stereocenters. The van der Waals surface area contributed by atoms with Crippen LogP contribution in [-0.4, -0.2) is 41.3 Å². The summed E-state index contributed by atoms with van der Waals surface area (Å²) in [5.74, 6) is -0.381. The van der Waals surface area contributed by atoms with Crippen LogP contribution in [0, 0.1) is 11.6 Å². The van der Waals surface area contributed by atoms with Crippen LogP contribution in [0.15, 0.2) is 72.8 Å². The molecule has 3 aromatic carbocycles. The molecule has 1 aromatic heterocycles. The molecule has 0 radical (unpaired) electrons. The summed E-state index contributed by atoms with van der Waals surface area (Å²) < 4.78 is 28.6. The lowest BCUT2D eigenvalue weighted by Gasteiger charge is -2.55. The lowest BCUT2D eigenvalue weighted by atomic mass is 9.65. The monoisotopic (exact) mass is 513 g/mol. The van der Waals surface area contributed by atoms with Gasteiger partial charge in [-0.15, -0.1) is 0 Å². The van der Waals surface area contributed by atoms with E-state index in [1.807, 2.05) is 36.4 Å². The average Bonchev–Trinajstić information content (AvgIpc) is 3.29. The first-order chi connectivity index (χ1) is 18.3. The first-order valence-electron chi connectivity index (χ1n) is 13.4. The molecule has 1 spiro atoms. The molecule has 196 valence electrons. The number of rotatable bonds is 4. The Morgan fingerprint density at radius 1 is 0.921 bits per heavy atom. The molecule has 4 nitrogen and oxygen atoms in total. The van der Waals surface area contributed by atoms with E-state index in [-0.39, 0.29) is 23.1 Å². The molecule has 0 unspecified atom stereocenters. The van der Waals surface area contributed by atoms with Gasteiger partial charge in [0.15, 0.2) is 0 Å². The number of carbonyl (C=O) groups is 1. The fourth-order valence-electron chi connectivity index (χ4n) is 7.05. The minimum absolute atomic E-state index is 0.106. The molecule has 0 bridgehead atoms. The molecule has 2 heterocycles. The molecule has 1 aliphatic carbocycles. The lowest BCUT2D eigenvalue weighted by Crippen LogP contribution is -2.58. The molecular weight excluding hydrogens is 480 g/mol. The summed E-state index contributed by atoms with van der Waals surface area (Å²) in [7, 11) is 4.11. The van der Waals surface area contributed by atoms with Gasteiger partial charge >= 0.3 is 0 Å². The smallest absolute Gasteiger partial charge is 0.227 e. The quantitative estimate of drug-likeness (QED) is 0.348. The van der Waals surface area contributed by atoms with Crippen LogP contribution in [-0.2, 0) is 28.7 Å². The number of carbonyl (C=O) groups excluding carboxylic acids is 1. The average molecular weight is 514 g/mol. The summed E-state index contributed by atoms with van der Waals surface area (Å²) in [4.78, 5) is 21.8. The predicted molar refractivity (Wildman–Crippen MR) is 146 cm³/mol. The molecule has 0 saturated heterocycles. The van der Waals surface area contributed by atoms with E-state index in [4.69, 9.17) is 0 Å². The topological polar surface area (TPSA) is 39.3 Å². The summed E-state index contributed by atoms with van der Waals surface area (Å²) in [6, 6.07) is 21.7. The van der Waals surface area contributed by atoms with Gasteiger partial charge in [0.2, 0.25) is 5.91 Å². The van der Waals surface area contributed by atoms with Gasteiger partial charge in [-0.25, -0.2) is 8.78 Å². The summed E-state index contributed by atoms with van der Waals surface area (Å²) in [5.41, 5.74) is 4.16. The van der Waals surface area contributed by atoms with Gasteiger partial charge in [0.05, 0.1) is 12.0 Å². The Morgan fingerprint density at radius 3 is 2.37 bits per heavy atom. The molecule has 2 aliphatic rings. The maximum Gasteiger partial charge on any atom is 0.227 e. The molecule has 1 aliphatic heterocycles. The van der Waals surface area contributed by atoms with Crippen LogP contribution in [0.1, 0.15) is 48.1 Å². The van der Waals surface area contributed by atoms with Gasteiger partial charge in [0.1, 0.15) is 11.6 Å². The van der Waals surface area contributed by atoms with E-state index >= 15 is 0 Å². The van der Waals surface area contributed by atoms with Crippen molar-refractivity contribution in [3.05, 3.63) is 107 Å². The Kier molecular flexibility index (Phi) is 6.10. The molecule has 4 aromatic rings. The number of aromatic amines is 1. The second kappa shape index (κ2) is 9.35. The molecule has 1 fully saturated rings. The van der Waals surface area contributed by atoms with Crippen LogP contribution in [0.4, 0.5) is 8.78 Å². The lowest BCUT2D eigenvalue weighted by molar-refractivity contribution is -0.142. The van der Waals surface area contributed by atoms with Crippen molar-refractivity contribution in [2.24, 2.45) is 0 Å². The van der Waals surface area contributed by atoms with E-state index in [1.165, 1.54) is 12.1 Å². The minimum Gasteiger partial charge on any atom is -0.356 e. The normalized spacial score (nSPS) is 23.2. The number of benzene rings is 3. The number of hydrogen-bond donors (Lipinski definition) is 1. The Hall–Kier alpha value is -3.51. The zero-order valence-electron chi connectivity index (χ0n) is 21.9. The Labute approximate surface area is 222 Å². The van der Waals surface area contributed by atoms with Crippen LogP contribution in [0.25, 0.3) is 10.9 Å². The molecule has 1 saturated carbocycles. The van der Waals surface area contributed by atoms with E-state index < -0.39 is 5.54 Å². The van der Waals surface area contributed by atoms with Gasteiger partial charge in [-0.1, -0.05) is 42.5 Å². The zero-order valence-corrected chi connectivity index (χ0v) is 21.9. The molecule has 1 N–H and O–H groups in total. The first kappa shape index (κ1) is 24.8. The van der Waals surface area contributed by atoms with Crippen molar-refractivity contribution < 1.29 is 13.6 Å². The van der Waals surface area contributed by atoms with E-state index in [0.29, 0.717) is 19.4 Å². The zero-order chi connectivity index (χ0) is 26.5. The van der Waals surface area contributed by atoms with E-state index in [0.717, 1.165) is 59.0 Å². The van der Waals surface area contributed by atoms with Gasteiger partial charge in [0, 0.05) is 28.7 Å². The van der Waals surface area contributed by atoms with Crippen molar-refractivity contribution in [3.8, 4) is 0 Å². The highest BCUT2D eigenvalue weighted by Crippen LogP contribution is 2.53. The molecule has 6 rings (SSSR count). The molecule has 38 heavy (non-hydrogen) atoms. The third-order valence-corrected chi connectivity index (χ3v) is 9.06. The third kappa shape index (κ3) is 3.93. The fraction of sp³-hybridized carbons (Fsp3) is 0.344. The molecule has 1 amide bonds. The largest absolute Gasteiger partial charge is 0.356 e. The number of hydrogen-bond acceptors (Lipinski definition) is 2. The molecular formula is C32H33F2N3O. The van der Waals surface area contributed by atoms with Crippen LogP contribution >= 0.6 is 0 Å². The van der Waals surface area contributed by atoms with E-state index in [9.17, 15) is 13.6 Å². The van der Waals surface area contributed by atoms with Gasteiger partial charge < -0.3 is 9.88 Å². The number of halogens is 2. The maximum atomic E-state index is 14.3. The van der Waals surface area contributed by atoms with Crippen LogP contribution in [0.5, 0.6) is 0 Å². The van der Waals surface area contributed by atoms with Crippen LogP contribution in [0.3, 0.4) is 0 Å². The Morgan fingerprint density at radius 2 is 1.66 bits per heavy atom. The number of fused-ring (bicyclic) bond motifs is 4. The minimum atomic E-state index is -0.526. The van der Waals surface area contributed by atoms with Gasteiger partial charge in [-0.05, 0) is 93.2 Å². The highest BCUT2D eigenvalue weighted by Gasteiger charge is 2.53. The Bertz CT molecular complexity index is 1490. The van der Waals surface area contributed by atoms with Gasteiger partial charge in [0.25, 0.3) is 0 Å². The number of nitrogens with one attached hydrogen (secondary N) is 1. The van der Waals surface area contributed by atoms with Gasteiger partial charge in [-0.2, -0.15) is 0 Å². The standard InChI is InChI=1S/C32H33F2N3O/c1-36(2)31(23-9-6-10-24(33)20-23)14-16-32(17-15-31)30-26(27-21-25(34)11-12-28(27)35-30)13-18-37(32)29(38)19-22-7-4-3-5-8-22/h3-12,20-21,35H,13-19H2,1-2H3/t31-,32+. The van der Waals surface area contributed by atoms with Crippen molar-refractivity contribution in [1.82, 2.24) is 14.8 Å². The summed E-state index contributed by atoms with van der Waals surface area (Å²) >= 11 is 0. The maximum absolute atomic E-state index is 14.3. The summed E-state index contributed by atoms with van der Waals surface area (Å²) in [5, 5.41) is 0.907. The first-order valence-corrected chi connectivity index (χ1v) is 13.4. The number of amides is 1. The predicted octanol–water partition coefficient (Wildman–Crippen LogP) is 6.30. The van der Waals surface area contributed by atoms with Crippen LogP contribution in [0.2, 0.25) is 0 Å². The highest BCUT2D eigenvalue weighted by molar-refractivity contribution is 5.87. The van der Waals surface area contributed by atoms with Crippen molar-refractivity contribution >= 4 is 16.8 Å². The number of nitrogens with zero attached hydrogens (tertiary/aromatic N) is 2.